The van der Waals surface area contributed by atoms with Gasteiger partial charge < -0.3 is 19.9 Å². The van der Waals surface area contributed by atoms with Crippen LogP contribution in [0.5, 0.6) is 0 Å². The summed E-state index contributed by atoms with van der Waals surface area (Å²) in [6, 6.07) is 6.99. The normalized spacial score (nSPS) is 18.7. The van der Waals surface area contributed by atoms with Crippen LogP contribution in [0.15, 0.2) is 18.2 Å². The van der Waals surface area contributed by atoms with Crippen molar-refractivity contribution in [2.45, 2.75) is 19.0 Å². The number of hydrogen-bond donors (Lipinski definition) is 1. The van der Waals surface area contributed by atoms with Gasteiger partial charge in [0.1, 0.15) is 0 Å². The van der Waals surface area contributed by atoms with Gasteiger partial charge in [0.2, 0.25) is 0 Å². The van der Waals surface area contributed by atoms with Gasteiger partial charge in [0, 0.05) is 39.3 Å². The third-order valence-electron chi connectivity index (χ3n) is 4.06. The van der Waals surface area contributed by atoms with Gasteiger partial charge in [-0.05, 0) is 38.2 Å². The fraction of sp³-hybridized carbons (Fsp3) is 0.625. The van der Waals surface area contributed by atoms with Crippen LogP contribution in [0.1, 0.15) is 12.0 Å². The summed E-state index contributed by atoms with van der Waals surface area (Å²) in [5, 5.41) is 4.18. The van der Waals surface area contributed by atoms with Crippen molar-refractivity contribution < 1.29 is 4.74 Å². The van der Waals surface area contributed by atoms with Gasteiger partial charge in [0.05, 0.1) is 17.3 Å². The molecule has 1 aromatic carbocycles. The lowest BCUT2D eigenvalue weighted by molar-refractivity contribution is 0.199. The van der Waals surface area contributed by atoms with Gasteiger partial charge in [-0.15, -0.1) is 0 Å². The summed E-state index contributed by atoms with van der Waals surface area (Å²) in [5.41, 5.74) is 2.37. The number of hydrogen-bond acceptors (Lipinski definition) is 4. The number of benzene rings is 1. The molecule has 1 N–H and O–H groups in total. The van der Waals surface area contributed by atoms with Crippen LogP contribution in [0, 0.1) is 0 Å². The molecule has 5 heteroatoms. The van der Waals surface area contributed by atoms with Crippen molar-refractivity contribution in [1.82, 2.24) is 10.2 Å². The number of nitrogens with one attached hydrogen (secondary N) is 1. The Hall–Kier alpha value is -0.810. The first-order chi connectivity index (χ1) is 10.1. The molecule has 1 aromatic rings. The van der Waals surface area contributed by atoms with Gasteiger partial charge >= 0.3 is 0 Å². The smallest absolute Gasteiger partial charge is 0.0642 e. The van der Waals surface area contributed by atoms with Crippen LogP contribution in [-0.2, 0) is 11.3 Å². The van der Waals surface area contributed by atoms with E-state index in [2.05, 4.69) is 47.4 Å². The molecule has 0 amide bonds. The van der Waals surface area contributed by atoms with Crippen molar-refractivity contribution in [1.29, 1.82) is 0 Å². The molecule has 0 aromatic heterocycles. The Balaban J connectivity index is 1.93. The van der Waals surface area contributed by atoms with E-state index in [0.29, 0.717) is 6.04 Å². The molecule has 2 rings (SSSR count). The van der Waals surface area contributed by atoms with Crippen LogP contribution in [0.25, 0.3) is 0 Å². The van der Waals surface area contributed by atoms with Crippen LogP contribution < -0.4 is 10.2 Å². The fourth-order valence-electron chi connectivity index (χ4n) is 2.71. The molecule has 0 spiro atoms. The van der Waals surface area contributed by atoms with Gasteiger partial charge in [0.15, 0.2) is 0 Å². The Kier molecular flexibility index (Phi) is 6.30. The molecule has 1 aliphatic rings. The van der Waals surface area contributed by atoms with Crippen LogP contribution in [0.2, 0.25) is 5.02 Å². The lowest BCUT2D eigenvalue weighted by atomic mass is 10.2. The number of rotatable bonds is 7. The van der Waals surface area contributed by atoms with Crippen molar-refractivity contribution in [2.75, 3.05) is 52.3 Å². The molecule has 0 aliphatic carbocycles. The summed E-state index contributed by atoms with van der Waals surface area (Å²) >= 11 is 6.47. The van der Waals surface area contributed by atoms with Crippen LogP contribution in [0.4, 0.5) is 5.69 Å². The maximum absolute atomic E-state index is 6.47. The zero-order chi connectivity index (χ0) is 15.2. The molecule has 1 saturated heterocycles. The third kappa shape index (κ3) is 4.58. The Morgan fingerprint density at radius 3 is 2.86 bits per heavy atom. The maximum atomic E-state index is 6.47. The molecule has 1 heterocycles. The molecule has 1 fully saturated rings. The van der Waals surface area contributed by atoms with E-state index >= 15 is 0 Å². The number of methoxy groups -OCH3 is 1. The second-order valence-electron chi connectivity index (χ2n) is 5.81. The first kappa shape index (κ1) is 16.6. The largest absolute Gasteiger partial charge is 0.383 e. The minimum absolute atomic E-state index is 0.622. The maximum Gasteiger partial charge on any atom is 0.0642 e. The van der Waals surface area contributed by atoms with Crippen molar-refractivity contribution in [3.05, 3.63) is 28.8 Å². The number of anilines is 1. The van der Waals surface area contributed by atoms with E-state index in [4.69, 9.17) is 16.3 Å². The first-order valence-electron chi connectivity index (χ1n) is 7.51. The molecule has 118 valence electrons. The zero-order valence-corrected chi connectivity index (χ0v) is 14.0. The molecule has 1 atom stereocenters. The molecule has 4 nitrogen and oxygen atoms in total. The SMILES string of the molecule is COCCNCc1ccc(N2CCC(N(C)C)C2)c(Cl)c1. The lowest BCUT2D eigenvalue weighted by Crippen LogP contribution is -2.31. The predicted octanol–water partition coefficient (Wildman–Crippen LogP) is 2.22. The highest BCUT2D eigenvalue weighted by molar-refractivity contribution is 6.33. The highest BCUT2D eigenvalue weighted by atomic mass is 35.5. The average Bonchev–Trinajstić information content (AvgIpc) is 2.93. The summed E-state index contributed by atoms with van der Waals surface area (Å²) in [7, 11) is 6.00. The van der Waals surface area contributed by atoms with E-state index in [1.807, 2.05) is 0 Å². The molecule has 0 saturated carbocycles. The summed E-state index contributed by atoms with van der Waals surface area (Å²) in [6.07, 6.45) is 1.20. The summed E-state index contributed by atoms with van der Waals surface area (Å²) in [5.74, 6) is 0. The predicted molar refractivity (Wildman–Crippen MR) is 89.3 cm³/mol. The zero-order valence-electron chi connectivity index (χ0n) is 13.2. The van der Waals surface area contributed by atoms with Gasteiger partial charge in [-0.2, -0.15) is 0 Å². The highest BCUT2D eigenvalue weighted by Crippen LogP contribution is 2.30. The molecular formula is C16H26ClN3O. The minimum Gasteiger partial charge on any atom is -0.383 e. The summed E-state index contributed by atoms with van der Waals surface area (Å²) in [4.78, 5) is 4.68. The Morgan fingerprint density at radius 1 is 1.43 bits per heavy atom. The first-order valence-corrected chi connectivity index (χ1v) is 7.89. The van der Waals surface area contributed by atoms with Crippen LogP contribution in [-0.4, -0.2) is 58.4 Å². The Morgan fingerprint density at radius 2 is 2.24 bits per heavy atom. The fourth-order valence-corrected chi connectivity index (χ4v) is 3.03. The average molecular weight is 312 g/mol. The molecule has 21 heavy (non-hydrogen) atoms. The second kappa shape index (κ2) is 7.99. The standard InChI is InChI=1S/C16H26ClN3O/c1-19(2)14-6-8-20(12-14)16-5-4-13(10-15(16)17)11-18-7-9-21-3/h4-5,10,14,18H,6-9,11-12H2,1-3H3. The lowest BCUT2D eigenvalue weighted by Gasteiger charge is -2.23. The summed E-state index contributed by atoms with van der Waals surface area (Å²) < 4.78 is 5.02. The number of likely N-dealkylation sites (N-methyl/N-ethyl adjacent to an activating group) is 1. The van der Waals surface area contributed by atoms with E-state index in [9.17, 15) is 0 Å². The van der Waals surface area contributed by atoms with Gasteiger partial charge in [-0.3, -0.25) is 0 Å². The minimum atomic E-state index is 0.622. The van der Waals surface area contributed by atoms with Crippen LogP contribution in [0.3, 0.4) is 0 Å². The van der Waals surface area contributed by atoms with E-state index in [0.717, 1.165) is 43.5 Å². The van der Waals surface area contributed by atoms with E-state index in [-0.39, 0.29) is 0 Å². The van der Waals surface area contributed by atoms with Gasteiger partial charge in [-0.1, -0.05) is 17.7 Å². The topological polar surface area (TPSA) is 27.7 Å². The quantitative estimate of drug-likeness (QED) is 0.782. The van der Waals surface area contributed by atoms with Crippen molar-refractivity contribution in [3.63, 3.8) is 0 Å². The molecular weight excluding hydrogens is 286 g/mol. The van der Waals surface area contributed by atoms with Crippen molar-refractivity contribution in [2.24, 2.45) is 0 Å². The van der Waals surface area contributed by atoms with E-state index in [1.54, 1.807) is 7.11 Å². The Labute approximate surface area is 133 Å². The van der Waals surface area contributed by atoms with E-state index in [1.165, 1.54) is 12.0 Å². The third-order valence-corrected chi connectivity index (χ3v) is 4.36. The Bertz CT molecular complexity index is 453. The monoisotopic (exact) mass is 311 g/mol. The molecule has 1 unspecified atom stereocenters. The number of ether oxygens (including phenoxy) is 1. The van der Waals surface area contributed by atoms with Crippen molar-refractivity contribution >= 4 is 17.3 Å². The number of halogens is 1. The van der Waals surface area contributed by atoms with Crippen LogP contribution >= 0.6 is 11.6 Å². The van der Waals surface area contributed by atoms with Gasteiger partial charge in [-0.25, -0.2) is 0 Å². The molecule has 1 aliphatic heterocycles. The van der Waals surface area contributed by atoms with E-state index < -0.39 is 0 Å². The van der Waals surface area contributed by atoms with Crippen molar-refractivity contribution in [3.8, 4) is 0 Å². The second-order valence-corrected chi connectivity index (χ2v) is 6.21. The molecule has 0 bridgehead atoms. The number of nitrogens with zero attached hydrogens (tertiary/aromatic N) is 2. The van der Waals surface area contributed by atoms with Gasteiger partial charge in [0.25, 0.3) is 0 Å². The highest BCUT2D eigenvalue weighted by Gasteiger charge is 2.25. The summed E-state index contributed by atoms with van der Waals surface area (Å²) in [6.45, 7) is 4.54. The molecule has 0 radical (unpaired) electrons.